The molecule has 25 heavy (non-hydrogen) atoms. The van der Waals surface area contributed by atoms with Crippen LogP contribution in [0.3, 0.4) is 0 Å². The molecule has 2 rings (SSSR count). The third kappa shape index (κ3) is 5.55. The van der Waals surface area contributed by atoms with Gasteiger partial charge < -0.3 is 10.6 Å². The minimum absolute atomic E-state index is 0.0418. The van der Waals surface area contributed by atoms with Crippen molar-refractivity contribution in [3.63, 3.8) is 0 Å². The number of carbonyl (C=O) groups excluding carboxylic acids is 2. The number of amides is 2. The molecule has 0 fully saturated rings. The summed E-state index contributed by atoms with van der Waals surface area (Å²) in [5, 5.41) is 8.73. The first kappa shape index (κ1) is 18.9. The first-order valence-electron chi connectivity index (χ1n) is 7.64. The molecule has 0 spiro atoms. The molecular weight excluding hydrogens is 358 g/mol. The fourth-order valence-electron chi connectivity index (χ4n) is 2.06. The minimum atomic E-state index is -0.406. The number of carbonyl (C=O) groups is 2. The molecule has 0 saturated carbocycles. The predicted molar refractivity (Wildman–Crippen MR) is 104 cm³/mol. The highest BCUT2D eigenvalue weighted by molar-refractivity contribution is 7.80. The van der Waals surface area contributed by atoms with E-state index in [1.54, 1.807) is 48.5 Å². The van der Waals surface area contributed by atoms with Crippen molar-refractivity contribution in [2.45, 2.75) is 19.9 Å². The molecule has 0 radical (unpaired) electrons. The first-order chi connectivity index (χ1) is 11.9. The topological polar surface area (TPSA) is 70.2 Å². The van der Waals surface area contributed by atoms with E-state index in [0.717, 1.165) is 0 Å². The van der Waals surface area contributed by atoms with Crippen molar-refractivity contribution in [1.82, 2.24) is 10.6 Å². The third-order valence-electron chi connectivity index (χ3n) is 3.15. The largest absolute Gasteiger partial charge is 0.350 e. The van der Waals surface area contributed by atoms with Crippen molar-refractivity contribution < 1.29 is 9.59 Å². The van der Waals surface area contributed by atoms with Crippen LogP contribution in [0, 0.1) is 0 Å². The average Bonchev–Trinajstić information content (AvgIpc) is 2.54. The SMILES string of the molecule is CC(C)NC(=O)c1cccc(NC(=S)NC(=O)c2ccccc2Cl)c1. The molecule has 0 aliphatic carbocycles. The van der Waals surface area contributed by atoms with E-state index < -0.39 is 5.91 Å². The molecule has 2 amide bonds. The monoisotopic (exact) mass is 375 g/mol. The number of nitrogens with one attached hydrogen (secondary N) is 3. The van der Waals surface area contributed by atoms with E-state index in [2.05, 4.69) is 16.0 Å². The van der Waals surface area contributed by atoms with E-state index in [4.69, 9.17) is 23.8 Å². The van der Waals surface area contributed by atoms with Crippen molar-refractivity contribution in [2.24, 2.45) is 0 Å². The van der Waals surface area contributed by atoms with E-state index in [9.17, 15) is 9.59 Å². The lowest BCUT2D eigenvalue weighted by molar-refractivity contribution is 0.0941. The summed E-state index contributed by atoms with van der Waals surface area (Å²) < 4.78 is 0. The van der Waals surface area contributed by atoms with Gasteiger partial charge >= 0.3 is 0 Å². The van der Waals surface area contributed by atoms with E-state index in [1.165, 1.54) is 0 Å². The van der Waals surface area contributed by atoms with Crippen LogP contribution in [0.2, 0.25) is 5.02 Å². The van der Waals surface area contributed by atoms with Crippen LogP contribution in [0.25, 0.3) is 0 Å². The summed E-state index contributed by atoms with van der Waals surface area (Å²) in [5.74, 6) is -0.582. The van der Waals surface area contributed by atoms with Crippen molar-refractivity contribution in [1.29, 1.82) is 0 Å². The highest BCUT2D eigenvalue weighted by Gasteiger charge is 2.12. The van der Waals surface area contributed by atoms with Crippen LogP contribution < -0.4 is 16.0 Å². The fourth-order valence-corrected chi connectivity index (χ4v) is 2.49. The summed E-state index contributed by atoms with van der Waals surface area (Å²) in [6, 6.07) is 13.6. The normalized spacial score (nSPS) is 10.2. The summed E-state index contributed by atoms with van der Waals surface area (Å²) in [7, 11) is 0. The van der Waals surface area contributed by atoms with E-state index in [1.807, 2.05) is 13.8 Å². The van der Waals surface area contributed by atoms with Crippen molar-refractivity contribution >= 4 is 46.4 Å². The van der Waals surface area contributed by atoms with Crippen molar-refractivity contribution in [3.8, 4) is 0 Å². The van der Waals surface area contributed by atoms with E-state index in [-0.39, 0.29) is 17.1 Å². The standard InChI is InChI=1S/C18H18ClN3O2S/c1-11(2)20-16(23)12-6-5-7-13(10-12)21-18(25)22-17(24)14-8-3-4-9-15(14)19/h3-11H,1-2H3,(H,20,23)(H2,21,22,24,25). The Hall–Kier alpha value is -2.44. The molecule has 2 aromatic rings. The van der Waals surface area contributed by atoms with Gasteiger partial charge in [-0.15, -0.1) is 0 Å². The van der Waals surface area contributed by atoms with Gasteiger partial charge in [-0.05, 0) is 56.4 Å². The lowest BCUT2D eigenvalue weighted by Gasteiger charge is -2.12. The number of hydrogen-bond acceptors (Lipinski definition) is 3. The van der Waals surface area contributed by atoms with Gasteiger partial charge in [-0.25, -0.2) is 0 Å². The lowest BCUT2D eigenvalue weighted by Crippen LogP contribution is -2.34. The van der Waals surface area contributed by atoms with Crippen LogP contribution in [0.4, 0.5) is 5.69 Å². The summed E-state index contributed by atoms with van der Waals surface area (Å²) in [5.41, 5.74) is 1.43. The minimum Gasteiger partial charge on any atom is -0.350 e. The Morgan fingerprint density at radius 1 is 1.04 bits per heavy atom. The Morgan fingerprint density at radius 3 is 2.44 bits per heavy atom. The molecule has 130 valence electrons. The maximum Gasteiger partial charge on any atom is 0.258 e. The Bertz CT molecular complexity index is 808. The summed E-state index contributed by atoms with van der Waals surface area (Å²) in [4.78, 5) is 24.2. The van der Waals surface area contributed by atoms with Gasteiger partial charge in [-0.3, -0.25) is 14.9 Å². The summed E-state index contributed by atoms with van der Waals surface area (Å²) in [6.45, 7) is 3.78. The molecule has 2 aromatic carbocycles. The molecule has 7 heteroatoms. The highest BCUT2D eigenvalue weighted by Crippen LogP contribution is 2.15. The number of anilines is 1. The summed E-state index contributed by atoms with van der Waals surface area (Å²) in [6.07, 6.45) is 0. The van der Waals surface area contributed by atoms with Crippen LogP contribution in [0.15, 0.2) is 48.5 Å². The number of benzene rings is 2. The quantitative estimate of drug-likeness (QED) is 0.714. The van der Waals surface area contributed by atoms with Crippen LogP contribution in [-0.2, 0) is 0 Å². The van der Waals surface area contributed by atoms with Gasteiger partial charge in [0.2, 0.25) is 0 Å². The molecule has 0 aliphatic heterocycles. The molecule has 3 N–H and O–H groups in total. The zero-order valence-electron chi connectivity index (χ0n) is 13.8. The van der Waals surface area contributed by atoms with Gasteiger partial charge in [0.25, 0.3) is 11.8 Å². The second kappa shape index (κ2) is 8.60. The van der Waals surface area contributed by atoms with Gasteiger partial charge in [0.05, 0.1) is 10.6 Å². The number of thiocarbonyl (C=S) groups is 1. The fraction of sp³-hybridized carbons (Fsp3) is 0.167. The molecule has 0 heterocycles. The predicted octanol–water partition coefficient (Wildman–Crippen LogP) is 3.61. The zero-order valence-corrected chi connectivity index (χ0v) is 15.4. The molecular formula is C18H18ClN3O2S. The maximum atomic E-state index is 12.2. The van der Waals surface area contributed by atoms with E-state index in [0.29, 0.717) is 21.8 Å². The second-order valence-corrected chi connectivity index (χ2v) is 6.41. The zero-order chi connectivity index (χ0) is 18.4. The molecule has 0 atom stereocenters. The third-order valence-corrected chi connectivity index (χ3v) is 3.68. The van der Waals surface area contributed by atoms with Gasteiger partial charge in [0.15, 0.2) is 5.11 Å². The average molecular weight is 376 g/mol. The molecule has 0 saturated heterocycles. The molecule has 0 aliphatic rings. The smallest absolute Gasteiger partial charge is 0.258 e. The van der Waals surface area contributed by atoms with Crippen molar-refractivity contribution in [2.75, 3.05) is 5.32 Å². The number of hydrogen-bond donors (Lipinski definition) is 3. The Labute approximate surface area is 156 Å². The van der Waals surface area contributed by atoms with E-state index >= 15 is 0 Å². The number of rotatable bonds is 4. The Balaban J connectivity index is 2.02. The van der Waals surface area contributed by atoms with Gasteiger partial charge in [-0.1, -0.05) is 29.8 Å². The Kier molecular flexibility index (Phi) is 6.50. The highest BCUT2D eigenvalue weighted by atomic mass is 35.5. The van der Waals surface area contributed by atoms with Gasteiger partial charge in [0.1, 0.15) is 0 Å². The first-order valence-corrected chi connectivity index (χ1v) is 8.43. The Morgan fingerprint density at radius 2 is 1.76 bits per heavy atom. The van der Waals surface area contributed by atoms with Crippen LogP contribution in [-0.4, -0.2) is 23.0 Å². The van der Waals surface area contributed by atoms with Crippen LogP contribution in [0.1, 0.15) is 34.6 Å². The number of halogens is 1. The molecule has 0 aromatic heterocycles. The van der Waals surface area contributed by atoms with Crippen molar-refractivity contribution in [3.05, 3.63) is 64.7 Å². The lowest BCUT2D eigenvalue weighted by atomic mass is 10.2. The molecule has 0 unspecified atom stereocenters. The maximum absolute atomic E-state index is 12.2. The van der Waals surface area contributed by atoms with Crippen LogP contribution in [0.5, 0.6) is 0 Å². The summed E-state index contributed by atoms with van der Waals surface area (Å²) >= 11 is 11.1. The molecule has 0 bridgehead atoms. The van der Waals surface area contributed by atoms with Gasteiger partial charge in [0, 0.05) is 17.3 Å². The second-order valence-electron chi connectivity index (χ2n) is 5.60. The van der Waals surface area contributed by atoms with Gasteiger partial charge in [-0.2, -0.15) is 0 Å². The van der Waals surface area contributed by atoms with Crippen LogP contribution >= 0.6 is 23.8 Å². The molecule has 5 nitrogen and oxygen atoms in total.